The van der Waals surface area contributed by atoms with Crippen molar-refractivity contribution in [3.05, 3.63) is 88.9 Å². The summed E-state index contributed by atoms with van der Waals surface area (Å²) in [6.07, 6.45) is 1.42. The number of halogens is 1. The molecule has 3 rings (SSSR count). The molecule has 0 bridgehead atoms. The molecule has 178 valence electrons. The van der Waals surface area contributed by atoms with Crippen molar-refractivity contribution < 1.29 is 22.7 Å². The van der Waals surface area contributed by atoms with Crippen LogP contribution in [0.3, 0.4) is 0 Å². The van der Waals surface area contributed by atoms with Crippen LogP contribution in [-0.2, 0) is 21.4 Å². The lowest BCUT2D eigenvalue weighted by atomic mass is 10.2. The van der Waals surface area contributed by atoms with E-state index in [9.17, 15) is 13.2 Å². The highest BCUT2D eigenvalue weighted by Gasteiger charge is 2.30. The molecule has 0 heterocycles. The molecule has 0 aliphatic carbocycles. The van der Waals surface area contributed by atoms with E-state index in [1.54, 1.807) is 48.5 Å². The van der Waals surface area contributed by atoms with Crippen LogP contribution in [-0.4, -0.2) is 45.6 Å². The number of carbonyl (C=O) groups excluding carboxylic acids is 1. The molecule has 0 aromatic heterocycles. The van der Waals surface area contributed by atoms with Gasteiger partial charge in [-0.1, -0.05) is 54.1 Å². The van der Waals surface area contributed by atoms with E-state index >= 15 is 0 Å². The van der Waals surface area contributed by atoms with Crippen LogP contribution >= 0.6 is 11.6 Å². The number of hydrazone groups is 1. The fourth-order valence-electron chi connectivity index (χ4n) is 3.10. The second-order valence-corrected chi connectivity index (χ2v) is 9.47. The summed E-state index contributed by atoms with van der Waals surface area (Å²) in [6, 6.07) is 20.3. The molecule has 0 spiro atoms. The number of carbonyl (C=O) groups is 1. The van der Waals surface area contributed by atoms with Crippen molar-refractivity contribution >= 4 is 33.7 Å². The SMILES string of the molecule is COc1ccc(S(=O)(=O)N(CC(=O)N/N=C\c2cccc(Cl)c2)Cc2ccccc2)c(OC)c1. The molecule has 10 heteroatoms. The van der Waals surface area contributed by atoms with Gasteiger partial charge in [-0.05, 0) is 35.4 Å². The molecule has 0 unspecified atom stereocenters. The summed E-state index contributed by atoms with van der Waals surface area (Å²) in [5.74, 6) is -0.0550. The fourth-order valence-corrected chi connectivity index (χ4v) is 4.82. The third-order valence-electron chi connectivity index (χ3n) is 4.76. The van der Waals surface area contributed by atoms with Gasteiger partial charge in [-0.25, -0.2) is 13.8 Å². The van der Waals surface area contributed by atoms with Crippen LogP contribution in [0.4, 0.5) is 0 Å². The van der Waals surface area contributed by atoms with Crippen molar-refractivity contribution in [3.63, 3.8) is 0 Å². The molecule has 0 saturated carbocycles. The Morgan fingerprint density at radius 3 is 2.47 bits per heavy atom. The lowest BCUT2D eigenvalue weighted by Gasteiger charge is -2.23. The number of benzene rings is 3. The number of amides is 1. The summed E-state index contributed by atoms with van der Waals surface area (Å²) in [4.78, 5) is 12.5. The molecule has 34 heavy (non-hydrogen) atoms. The zero-order valence-electron chi connectivity index (χ0n) is 18.6. The van der Waals surface area contributed by atoms with Crippen LogP contribution in [0.25, 0.3) is 0 Å². The smallest absolute Gasteiger partial charge is 0.255 e. The van der Waals surface area contributed by atoms with Crippen LogP contribution in [0.5, 0.6) is 11.5 Å². The second kappa shape index (κ2) is 11.6. The maximum absolute atomic E-state index is 13.6. The Hall–Kier alpha value is -3.40. The number of hydrogen-bond acceptors (Lipinski definition) is 6. The van der Waals surface area contributed by atoms with E-state index < -0.39 is 22.5 Å². The van der Waals surface area contributed by atoms with E-state index in [1.807, 2.05) is 6.07 Å². The molecule has 0 atom stereocenters. The zero-order valence-corrected chi connectivity index (χ0v) is 20.2. The van der Waals surface area contributed by atoms with Crippen LogP contribution < -0.4 is 14.9 Å². The Morgan fingerprint density at radius 1 is 1.03 bits per heavy atom. The van der Waals surface area contributed by atoms with Gasteiger partial charge in [0.15, 0.2) is 0 Å². The summed E-state index contributed by atoms with van der Waals surface area (Å²) < 4.78 is 38.6. The monoisotopic (exact) mass is 501 g/mol. The number of nitrogens with one attached hydrogen (secondary N) is 1. The highest BCUT2D eigenvalue weighted by atomic mass is 35.5. The van der Waals surface area contributed by atoms with E-state index in [-0.39, 0.29) is 17.2 Å². The van der Waals surface area contributed by atoms with Gasteiger partial charge in [0.05, 0.1) is 27.0 Å². The maximum Gasteiger partial charge on any atom is 0.255 e. The summed E-state index contributed by atoms with van der Waals surface area (Å²) >= 11 is 5.94. The Balaban J connectivity index is 1.85. The lowest BCUT2D eigenvalue weighted by molar-refractivity contribution is -0.121. The van der Waals surface area contributed by atoms with E-state index in [4.69, 9.17) is 21.1 Å². The topological polar surface area (TPSA) is 97.3 Å². The number of ether oxygens (including phenoxy) is 2. The highest BCUT2D eigenvalue weighted by molar-refractivity contribution is 7.89. The Morgan fingerprint density at radius 2 is 1.79 bits per heavy atom. The minimum absolute atomic E-state index is 0.0240. The van der Waals surface area contributed by atoms with Crippen molar-refractivity contribution in [2.75, 3.05) is 20.8 Å². The van der Waals surface area contributed by atoms with Crippen molar-refractivity contribution in [1.29, 1.82) is 0 Å². The number of methoxy groups -OCH3 is 2. The summed E-state index contributed by atoms with van der Waals surface area (Å²) in [5.41, 5.74) is 3.77. The molecule has 3 aromatic rings. The van der Waals surface area contributed by atoms with Crippen LogP contribution in [0.15, 0.2) is 82.8 Å². The molecule has 1 N–H and O–H groups in total. The van der Waals surface area contributed by atoms with E-state index in [2.05, 4.69) is 10.5 Å². The fraction of sp³-hybridized carbons (Fsp3) is 0.167. The molecule has 0 fully saturated rings. The molecular formula is C24H24ClN3O5S. The highest BCUT2D eigenvalue weighted by Crippen LogP contribution is 2.31. The molecule has 0 radical (unpaired) electrons. The van der Waals surface area contributed by atoms with Crippen molar-refractivity contribution in [2.45, 2.75) is 11.4 Å². The molecule has 0 aliphatic rings. The standard InChI is InChI=1S/C24H24ClN3O5S/c1-32-21-11-12-23(22(14-21)33-2)34(30,31)28(16-18-7-4-3-5-8-18)17-24(29)27-26-15-19-9-6-10-20(25)13-19/h3-15H,16-17H2,1-2H3,(H,27,29)/b26-15-. The number of nitrogens with zero attached hydrogens (tertiary/aromatic N) is 2. The summed E-state index contributed by atoms with van der Waals surface area (Å²) in [5, 5.41) is 4.44. The van der Waals surface area contributed by atoms with Crippen LogP contribution in [0.2, 0.25) is 5.02 Å². The molecule has 8 nitrogen and oxygen atoms in total. The van der Waals surface area contributed by atoms with Crippen LogP contribution in [0.1, 0.15) is 11.1 Å². The van der Waals surface area contributed by atoms with Gasteiger partial charge < -0.3 is 9.47 Å². The molecular weight excluding hydrogens is 478 g/mol. The van der Waals surface area contributed by atoms with Gasteiger partial charge >= 0.3 is 0 Å². The molecule has 1 amide bonds. The maximum atomic E-state index is 13.6. The first-order chi connectivity index (χ1) is 16.3. The second-order valence-electron chi connectivity index (χ2n) is 7.12. The van der Waals surface area contributed by atoms with Gasteiger partial charge in [0.1, 0.15) is 16.4 Å². The van der Waals surface area contributed by atoms with Gasteiger partial charge in [0.25, 0.3) is 5.91 Å². The quantitative estimate of drug-likeness (QED) is 0.337. The van der Waals surface area contributed by atoms with Gasteiger partial charge in [0.2, 0.25) is 10.0 Å². The first-order valence-electron chi connectivity index (χ1n) is 10.2. The molecule has 0 saturated heterocycles. The average molecular weight is 502 g/mol. The predicted molar refractivity (Wildman–Crippen MR) is 131 cm³/mol. The van der Waals surface area contributed by atoms with Gasteiger partial charge in [-0.3, -0.25) is 4.79 Å². The summed E-state index contributed by atoms with van der Waals surface area (Å²) in [6.45, 7) is -0.483. The molecule has 3 aromatic carbocycles. The van der Waals surface area contributed by atoms with E-state index in [0.29, 0.717) is 21.9 Å². The van der Waals surface area contributed by atoms with Crippen molar-refractivity contribution in [1.82, 2.24) is 9.73 Å². The Bertz CT molecular complexity index is 1270. The van der Waals surface area contributed by atoms with Gasteiger partial charge in [-0.15, -0.1) is 0 Å². The van der Waals surface area contributed by atoms with Crippen molar-refractivity contribution in [2.24, 2.45) is 5.10 Å². The lowest BCUT2D eigenvalue weighted by Crippen LogP contribution is -2.39. The first kappa shape index (κ1) is 25.2. The largest absolute Gasteiger partial charge is 0.497 e. The van der Waals surface area contributed by atoms with E-state index in [1.165, 1.54) is 38.6 Å². The minimum atomic E-state index is -4.12. The number of sulfonamides is 1. The first-order valence-corrected chi connectivity index (χ1v) is 12.0. The zero-order chi connectivity index (χ0) is 24.6. The third kappa shape index (κ3) is 6.57. The number of hydrogen-bond donors (Lipinski definition) is 1. The van der Waals surface area contributed by atoms with Gasteiger partial charge in [-0.2, -0.15) is 9.41 Å². The van der Waals surface area contributed by atoms with Crippen LogP contribution in [0, 0.1) is 0 Å². The predicted octanol–water partition coefficient (Wildman–Crippen LogP) is 3.70. The third-order valence-corrected chi connectivity index (χ3v) is 6.83. The van der Waals surface area contributed by atoms with Crippen molar-refractivity contribution in [3.8, 4) is 11.5 Å². The summed E-state index contributed by atoms with van der Waals surface area (Å²) in [7, 11) is -1.28. The number of rotatable bonds is 10. The Labute approximate surface area is 203 Å². The average Bonchev–Trinajstić information content (AvgIpc) is 2.84. The Kier molecular flexibility index (Phi) is 8.64. The molecule has 0 aliphatic heterocycles. The van der Waals surface area contributed by atoms with E-state index in [0.717, 1.165) is 4.31 Å². The minimum Gasteiger partial charge on any atom is -0.497 e. The normalized spacial score (nSPS) is 11.5. The van der Waals surface area contributed by atoms with Gasteiger partial charge in [0, 0.05) is 17.6 Å².